The van der Waals surface area contributed by atoms with Crippen molar-refractivity contribution in [2.45, 2.75) is 25.2 Å². The molecule has 1 rings (SSSR count). The van der Waals surface area contributed by atoms with E-state index in [0.29, 0.717) is 24.5 Å². The minimum atomic E-state index is -3.55. The molecule has 0 aliphatic heterocycles. The topological polar surface area (TPSA) is 93.5 Å². The third-order valence-electron chi connectivity index (χ3n) is 3.30. The van der Waals surface area contributed by atoms with Crippen molar-refractivity contribution >= 4 is 21.4 Å². The van der Waals surface area contributed by atoms with Gasteiger partial charge in [0.05, 0.1) is 5.69 Å². The molecule has 0 heterocycles. The molecule has 0 spiro atoms. The molecular weight excluding hydrogens is 290 g/mol. The Labute approximate surface area is 127 Å². The highest BCUT2D eigenvalue weighted by Gasteiger charge is 2.21. The number of hydrogen-bond donors (Lipinski definition) is 3. The van der Waals surface area contributed by atoms with E-state index in [2.05, 4.69) is 23.9 Å². The fraction of sp³-hybridized carbons (Fsp3) is 0.571. The molecule has 0 atom stereocenters. The normalized spacial score (nSPS) is 12.4. The first-order chi connectivity index (χ1) is 9.72. The van der Waals surface area contributed by atoms with Crippen molar-refractivity contribution in [2.24, 2.45) is 5.41 Å². The van der Waals surface area contributed by atoms with Crippen LogP contribution in [-0.2, 0) is 14.8 Å². The van der Waals surface area contributed by atoms with Gasteiger partial charge < -0.3 is 15.8 Å². The van der Waals surface area contributed by atoms with Crippen molar-refractivity contribution in [1.82, 2.24) is 4.72 Å². The summed E-state index contributed by atoms with van der Waals surface area (Å²) in [5, 5.41) is 3.20. The molecule has 0 aromatic heterocycles. The van der Waals surface area contributed by atoms with Crippen molar-refractivity contribution in [3.05, 3.63) is 18.2 Å². The molecule has 4 N–H and O–H groups in total. The number of anilines is 2. The van der Waals surface area contributed by atoms with Crippen molar-refractivity contribution in [2.75, 3.05) is 38.4 Å². The summed E-state index contributed by atoms with van der Waals surface area (Å²) in [6.45, 7) is 5.50. The van der Waals surface area contributed by atoms with Gasteiger partial charge in [-0.15, -0.1) is 0 Å². The van der Waals surface area contributed by atoms with Crippen LogP contribution >= 0.6 is 0 Å². The van der Waals surface area contributed by atoms with Crippen molar-refractivity contribution in [1.29, 1.82) is 0 Å². The SMILES string of the molecule is CNS(=O)(=O)c1cc(N)ccc1NCC(C)(C)CCOC. The van der Waals surface area contributed by atoms with E-state index in [1.54, 1.807) is 19.2 Å². The fourth-order valence-corrected chi connectivity index (χ4v) is 2.76. The van der Waals surface area contributed by atoms with Crippen LogP contribution in [0, 0.1) is 5.41 Å². The second-order valence-corrected chi connectivity index (χ2v) is 7.58. The van der Waals surface area contributed by atoms with Crippen LogP contribution in [0.4, 0.5) is 11.4 Å². The summed E-state index contributed by atoms with van der Waals surface area (Å²) in [6, 6.07) is 4.82. The molecule has 0 saturated carbocycles. The molecular formula is C14H25N3O3S. The zero-order valence-electron chi connectivity index (χ0n) is 13.1. The van der Waals surface area contributed by atoms with Gasteiger partial charge in [0.2, 0.25) is 10.0 Å². The number of ether oxygens (including phenoxy) is 1. The van der Waals surface area contributed by atoms with Gasteiger partial charge in [0.15, 0.2) is 0 Å². The summed E-state index contributed by atoms with van der Waals surface area (Å²) in [5.41, 5.74) is 6.63. The zero-order chi connectivity index (χ0) is 16.1. The molecule has 7 heteroatoms. The van der Waals surface area contributed by atoms with Gasteiger partial charge in [-0.25, -0.2) is 13.1 Å². The molecule has 0 unspecified atom stereocenters. The molecule has 21 heavy (non-hydrogen) atoms. The maximum atomic E-state index is 12.0. The van der Waals surface area contributed by atoms with Crippen molar-refractivity contribution in [3.63, 3.8) is 0 Å². The molecule has 0 bridgehead atoms. The van der Waals surface area contributed by atoms with E-state index in [4.69, 9.17) is 10.5 Å². The molecule has 0 saturated heterocycles. The minimum absolute atomic E-state index is 0.0158. The maximum Gasteiger partial charge on any atom is 0.242 e. The number of benzene rings is 1. The molecule has 120 valence electrons. The van der Waals surface area contributed by atoms with Crippen LogP contribution < -0.4 is 15.8 Å². The molecule has 1 aromatic carbocycles. The average Bonchev–Trinajstić information content (AvgIpc) is 2.44. The lowest BCUT2D eigenvalue weighted by Crippen LogP contribution is -2.26. The van der Waals surface area contributed by atoms with Gasteiger partial charge in [-0.1, -0.05) is 13.8 Å². The smallest absolute Gasteiger partial charge is 0.242 e. The Bertz CT molecular complexity index is 571. The van der Waals surface area contributed by atoms with E-state index < -0.39 is 10.0 Å². The van der Waals surface area contributed by atoms with Crippen LogP contribution in [0.2, 0.25) is 0 Å². The van der Waals surface area contributed by atoms with Gasteiger partial charge in [-0.3, -0.25) is 0 Å². The number of nitrogens with two attached hydrogens (primary N) is 1. The van der Waals surface area contributed by atoms with Crippen LogP contribution in [0.15, 0.2) is 23.1 Å². The highest BCUT2D eigenvalue weighted by atomic mass is 32.2. The Morgan fingerprint density at radius 2 is 2.00 bits per heavy atom. The van der Waals surface area contributed by atoms with Gasteiger partial charge in [-0.05, 0) is 37.1 Å². The Morgan fingerprint density at radius 1 is 1.33 bits per heavy atom. The lowest BCUT2D eigenvalue weighted by Gasteiger charge is -2.26. The molecule has 0 radical (unpaired) electrons. The predicted octanol–water partition coefficient (Wildman–Crippen LogP) is 1.65. The minimum Gasteiger partial charge on any atom is -0.399 e. The quantitative estimate of drug-likeness (QED) is 0.634. The van der Waals surface area contributed by atoms with E-state index in [-0.39, 0.29) is 10.3 Å². The Morgan fingerprint density at radius 3 is 2.57 bits per heavy atom. The van der Waals surface area contributed by atoms with Crippen LogP contribution in [0.25, 0.3) is 0 Å². The standard InChI is InChI=1S/C14H25N3O3S/c1-14(2,7-8-20-4)10-17-12-6-5-11(15)9-13(12)21(18,19)16-3/h5-6,9,16-17H,7-8,10,15H2,1-4H3. The first-order valence-electron chi connectivity index (χ1n) is 6.78. The Kier molecular flexibility index (Phi) is 6.00. The highest BCUT2D eigenvalue weighted by Crippen LogP contribution is 2.26. The first-order valence-corrected chi connectivity index (χ1v) is 8.26. The number of nitrogens with one attached hydrogen (secondary N) is 2. The number of rotatable bonds is 8. The third-order valence-corrected chi connectivity index (χ3v) is 4.76. The summed E-state index contributed by atoms with van der Waals surface area (Å²) < 4.78 is 31.5. The predicted molar refractivity (Wildman–Crippen MR) is 85.9 cm³/mol. The van der Waals surface area contributed by atoms with E-state index in [0.717, 1.165) is 6.42 Å². The fourth-order valence-electron chi connectivity index (χ4n) is 1.82. The lowest BCUT2D eigenvalue weighted by molar-refractivity contribution is 0.157. The summed E-state index contributed by atoms with van der Waals surface area (Å²) in [6.07, 6.45) is 0.875. The molecule has 0 aliphatic rings. The second kappa shape index (κ2) is 7.11. The first kappa shape index (κ1) is 17.7. The largest absolute Gasteiger partial charge is 0.399 e. The van der Waals surface area contributed by atoms with Crippen LogP contribution in [-0.4, -0.2) is 35.7 Å². The summed E-state index contributed by atoms with van der Waals surface area (Å²) in [7, 11) is -0.506. The summed E-state index contributed by atoms with van der Waals surface area (Å²) in [5.74, 6) is 0. The van der Waals surface area contributed by atoms with Crippen LogP contribution in [0.3, 0.4) is 0 Å². The molecule has 1 aromatic rings. The summed E-state index contributed by atoms with van der Waals surface area (Å²) in [4.78, 5) is 0.160. The van der Waals surface area contributed by atoms with Gasteiger partial charge in [0, 0.05) is 25.9 Å². The van der Waals surface area contributed by atoms with E-state index in [1.807, 2.05) is 0 Å². The lowest BCUT2D eigenvalue weighted by atomic mass is 9.89. The highest BCUT2D eigenvalue weighted by molar-refractivity contribution is 7.89. The average molecular weight is 315 g/mol. The number of hydrogen-bond acceptors (Lipinski definition) is 5. The van der Waals surface area contributed by atoms with Gasteiger partial charge in [0.1, 0.15) is 4.90 Å². The number of sulfonamides is 1. The van der Waals surface area contributed by atoms with Crippen LogP contribution in [0.5, 0.6) is 0 Å². The Balaban J connectivity index is 2.94. The van der Waals surface area contributed by atoms with Crippen molar-refractivity contribution < 1.29 is 13.2 Å². The van der Waals surface area contributed by atoms with E-state index in [1.165, 1.54) is 13.1 Å². The van der Waals surface area contributed by atoms with E-state index >= 15 is 0 Å². The molecule has 0 amide bonds. The Hall–Kier alpha value is -1.31. The van der Waals surface area contributed by atoms with Gasteiger partial charge >= 0.3 is 0 Å². The van der Waals surface area contributed by atoms with Gasteiger partial charge in [-0.2, -0.15) is 0 Å². The second-order valence-electron chi connectivity index (χ2n) is 5.72. The maximum absolute atomic E-state index is 12.0. The molecule has 6 nitrogen and oxygen atoms in total. The van der Waals surface area contributed by atoms with Crippen molar-refractivity contribution in [3.8, 4) is 0 Å². The molecule has 0 aliphatic carbocycles. The molecule has 0 fully saturated rings. The number of methoxy groups -OCH3 is 1. The monoisotopic (exact) mass is 315 g/mol. The zero-order valence-corrected chi connectivity index (χ0v) is 13.9. The third kappa shape index (κ3) is 5.18. The summed E-state index contributed by atoms with van der Waals surface area (Å²) >= 11 is 0. The van der Waals surface area contributed by atoms with Crippen LogP contribution in [0.1, 0.15) is 20.3 Å². The number of nitrogen functional groups attached to an aromatic ring is 1. The van der Waals surface area contributed by atoms with E-state index in [9.17, 15) is 8.42 Å². The van der Waals surface area contributed by atoms with Gasteiger partial charge in [0.25, 0.3) is 0 Å².